The second-order valence-electron chi connectivity index (χ2n) is 5.80. The van der Waals surface area contributed by atoms with E-state index in [0.29, 0.717) is 28.9 Å². The van der Waals surface area contributed by atoms with Gasteiger partial charge in [-0.05, 0) is 31.2 Å². The molecule has 3 rings (SSSR count). The molecule has 0 aromatic heterocycles. The van der Waals surface area contributed by atoms with Crippen molar-refractivity contribution in [1.29, 1.82) is 0 Å². The number of halogens is 5. The normalized spacial score (nSPS) is 14.7. The average Bonchev–Trinajstić information content (AvgIpc) is 3.47. The summed E-state index contributed by atoms with van der Waals surface area (Å²) in [7, 11) is 0. The first-order valence-electron chi connectivity index (χ1n) is 8.37. The molecule has 1 saturated heterocycles. The van der Waals surface area contributed by atoms with Gasteiger partial charge in [0, 0.05) is 6.54 Å². The number of nitrogen functional groups attached to an aromatic ring is 3. The molecule has 30 heavy (non-hydrogen) atoms. The molecule has 0 aliphatic carbocycles. The van der Waals surface area contributed by atoms with E-state index in [9.17, 15) is 13.2 Å². The Morgan fingerprint density at radius 1 is 1.07 bits per heavy atom. The standard InChI is InChI=1S/C9H11F3N2O.C6H8N2.C3H6O.FH.H2IP/c10-9(11,12)8(15)5-14-7-4-2-1-3-6(7)13;7-5-3-1-2-4-6(5)8;1-3-2-4-3;;1-2/h1-4,8,14-15H,5,13H2;1-4H,7-8H2;3H,2H2,1H3;1H;2H2/t8-;;3-;;/m1.0../s1. The van der Waals surface area contributed by atoms with Crippen LogP contribution in [0.1, 0.15) is 6.92 Å². The number of nitrogens with one attached hydrogen (secondary N) is 1. The second-order valence-corrected chi connectivity index (χ2v) is 5.80. The number of aliphatic hydroxyl groups excluding tert-OH is 1. The van der Waals surface area contributed by atoms with Crippen LogP contribution in [0.25, 0.3) is 0 Å². The van der Waals surface area contributed by atoms with Gasteiger partial charge in [0.15, 0.2) is 6.10 Å². The number of hydrogen-bond acceptors (Lipinski definition) is 6. The van der Waals surface area contributed by atoms with Crippen molar-refractivity contribution in [2.45, 2.75) is 25.3 Å². The molecule has 2 aromatic rings. The first-order valence-corrected chi connectivity index (χ1v) is 12.5. The first kappa shape index (κ1) is 30.6. The van der Waals surface area contributed by atoms with Gasteiger partial charge in [0.25, 0.3) is 0 Å². The van der Waals surface area contributed by atoms with Crippen LogP contribution in [-0.4, -0.2) is 36.6 Å². The number of anilines is 4. The number of para-hydroxylation sites is 4. The molecule has 0 bridgehead atoms. The van der Waals surface area contributed by atoms with E-state index in [1.165, 1.54) is 0 Å². The predicted molar refractivity (Wildman–Crippen MR) is 128 cm³/mol. The monoisotopic (exact) mass is 566 g/mol. The van der Waals surface area contributed by atoms with E-state index in [-0.39, 0.29) is 4.70 Å². The molecular weight excluding hydrogens is 538 g/mol. The predicted octanol–water partition coefficient (Wildman–Crippen LogP) is 4.22. The van der Waals surface area contributed by atoms with Crippen molar-refractivity contribution in [2.75, 3.05) is 35.7 Å². The molecule has 0 amide bonds. The second kappa shape index (κ2) is 16.2. The lowest BCUT2D eigenvalue weighted by Crippen LogP contribution is -2.35. The topological polar surface area (TPSA) is 123 Å². The summed E-state index contributed by atoms with van der Waals surface area (Å²) in [4.78, 5) is 0. The molecule has 1 unspecified atom stereocenters. The summed E-state index contributed by atoms with van der Waals surface area (Å²) in [6.45, 7) is 4.81. The molecule has 6 nitrogen and oxygen atoms in total. The van der Waals surface area contributed by atoms with Crippen LogP contribution < -0.4 is 22.5 Å². The third-order valence-electron chi connectivity index (χ3n) is 3.32. The van der Waals surface area contributed by atoms with Crippen LogP contribution in [0.15, 0.2) is 48.5 Å². The van der Waals surface area contributed by atoms with Crippen LogP contribution in [0.5, 0.6) is 0 Å². The lowest BCUT2D eigenvalue weighted by Gasteiger charge is -2.16. The van der Waals surface area contributed by atoms with Gasteiger partial charge in [-0.15, -0.1) is 0 Å². The fourth-order valence-corrected chi connectivity index (χ4v) is 1.59. The Balaban J connectivity index is 0. The smallest absolute Gasteiger partial charge is 0.397 e. The fourth-order valence-electron chi connectivity index (χ4n) is 1.59. The van der Waals surface area contributed by atoms with Crippen molar-refractivity contribution in [3.63, 3.8) is 0 Å². The number of epoxide rings is 1. The van der Waals surface area contributed by atoms with E-state index in [1.54, 1.807) is 36.4 Å². The summed E-state index contributed by atoms with van der Waals surface area (Å²) in [6.07, 6.45) is -6.42. The number of alkyl halides is 3. The maximum absolute atomic E-state index is 11.9. The van der Waals surface area contributed by atoms with E-state index in [1.807, 2.05) is 12.1 Å². The number of aliphatic hydroxyl groups is 1. The van der Waals surface area contributed by atoms with Gasteiger partial charge in [0.05, 0.1) is 35.5 Å². The van der Waals surface area contributed by atoms with Gasteiger partial charge in [-0.25, -0.2) is 0 Å². The van der Waals surface area contributed by atoms with Gasteiger partial charge in [-0.3, -0.25) is 4.70 Å². The van der Waals surface area contributed by atoms with Gasteiger partial charge in [0.1, 0.15) is 0 Å². The summed E-state index contributed by atoms with van der Waals surface area (Å²) in [5, 5.41) is 11.1. The Bertz CT molecular complexity index is 689. The van der Waals surface area contributed by atoms with E-state index in [2.05, 4.69) is 41.2 Å². The molecule has 1 aliphatic heterocycles. The first-order chi connectivity index (χ1) is 13.6. The zero-order valence-electron chi connectivity index (χ0n) is 16.3. The summed E-state index contributed by atoms with van der Waals surface area (Å²) in [5.41, 5.74) is 18.3. The minimum Gasteiger partial charge on any atom is -0.397 e. The number of rotatable bonds is 3. The van der Waals surface area contributed by atoms with Crippen molar-refractivity contribution in [2.24, 2.45) is 0 Å². The van der Waals surface area contributed by atoms with E-state index in [0.717, 1.165) is 6.61 Å². The van der Waals surface area contributed by atoms with Crippen molar-refractivity contribution in [1.82, 2.24) is 0 Å². The zero-order valence-corrected chi connectivity index (χ0v) is 19.6. The van der Waals surface area contributed by atoms with Crippen molar-refractivity contribution in [3.8, 4) is 0 Å². The maximum atomic E-state index is 11.9. The molecule has 12 heteroatoms. The van der Waals surface area contributed by atoms with Crippen molar-refractivity contribution >= 4 is 51.7 Å². The molecule has 0 radical (unpaired) electrons. The lowest BCUT2D eigenvalue weighted by molar-refractivity contribution is -0.198. The van der Waals surface area contributed by atoms with E-state index >= 15 is 0 Å². The molecule has 8 N–H and O–H groups in total. The highest BCUT2D eigenvalue weighted by Gasteiger charge is 2.37. The van der Waals surface area contributed by atoms with Crippen LogP contribution in [0.3, 0.4) is 0 Å². The van der Waals surface area contributed by atoms with Gasteiger partial charge in [-0.1, -0.05) is 53.2 Å². The number of nitrogens with two attached hydrogens (primary N) is 3. The number of benzene rings is 2. The molecule has 0 spiro atoms. The molecule has 2 aromatic carbocycles. The largest absolute Gasteiger partial charge is 0.416 e. The van der Waals surface area contributed by atoms with E-state index < -0.39 is 18.8 Å². The quantitative estimate of drug-likeness (QED) is 0.125. The highest BCUT2D eigenvalue weighted by Crippen LogP contribution is 2.22. The van der Waals surface area contributed by atoms with Gasteiger partial charge in [-0.2, -0.15) is 13.2 Å². The number of hydrogen-bond donors (Lipinski definition) is 5. The summed E-state index contributed by atoms with van der Waals surface area (Å²) < 4.78 is 40.5. The SMILES string of the molecule is C[C@H]1CO1.F.Nc1ccccc1N.Nc1ccccc1NC[C@@H](O)C(F)(F)F.PI. The van der Waals surface area contributed by atoms with Gasteiger partial charge < -0.3 is 32.4 Å². The van der Waals surface area contributed by atoms with Crippen LogP contribution in [0.4, 0.5) is 40.6 Å². The van der Waals surface area contributed by atoms with Crippen molar-refractivity contribution < 1.29 is 27.7 Å². The minimum absolute atomic E-state index is 0. The molecular formula is C18H28F4IN4O2P. The maximum Gasteiger partial charge on any atom is 0.416 e. The average molecular weight is 566 g/mol. The lowest BCUT2D eigenvalue weighted by atomic mass is 10.2. The zero-order chi connectivity index (χ0) is 22.4. The summed E-state index contributed by atoms with van der Waals surface area (Å²) >= 11 is 2.07. The molecule has 1 heterocycles. The Hall–Kier alpha value is -1.56. The van der Waals surface area contributed by atoms with Crippen LogP contribution >= 0.6 is 28.9 Å². The minimum atomic E-state index is -4.61. The van der Waals surface area contributed by atoms with Crippen LogP contribution in [0.2, 0.25) is 0 Å². The van der Waals surface area contributed by atoms with Gasteiger partial charge in [0.2, 0.25) is 0 Å². The Morgan fingerprint density at radius 3 is 1.73 bits per heavy atom. The third kappa shape index (κ3) is 14.4. The molecule has 172 valence electrons. The Morgan fingerprint density at radius 2 is 1.43 bits per heavy atom. The summed E-state index contributed by atoms with van der Waals surface area (Å²) in [6, 6.07) is 13.7. The molecule has 1 aliphatic rings. The van der Waals surface area contributed by atoms with Gasteiger partial charge >= 0.3 is 6.18 Å². The number of ether oxygens (including phenoxy) is 1. The molecule has 3 atom stereocenters. The molecule has 1 fully saturated rings. The highest BCUT2D eigenvalue weighted by molar-refractivity contribution is 14.2. The van der Waals surface area contributed by atoms with Crippen LogP contribution in [0, 0.1) is 0 Å². The highest BCUT2D eigenvalue weighted by atomic mass is 127. The van der Waals surface area contributed by atoms with E-state index in [4.69, 9.17) is 27.0 Å². The fraction of sp³-hybridized carbons (Fsp3) is 0.333. The van der Waals surface area contributed by atoms with Crippen molar-refractivity contribution in [3.05, 3.63) is 48.5 Å². The van der Waals surface area contributed by atoms with Crippen LogP contribution in [-0.2, 0) is 4.74 Å². The summed E-state index contributed by atoms with van der Waals surface area (Å²) in [5.74, 6) is 0. The Labute approximate surface area is 188 Å². The Kier molecular flexibility index (Phi) is 16.5. The molecule has 0 saturated carbocycles. The third-order valence-corrected chi connectivity index (χ3v) is 3.32.